The topological polar surface area (TPSA) is 43.1 Å². The van der Waals surface area contributed by atoms with Crippen molar-refractivity contribution in [2.24, 2.45) is 11.8 Å². The van der Waals surface area contributed by atoms with E-state index in [1.807, 2.05) is 0 Å². The Morgan fingerprint density at radius 2 is 2.00 bits per heavy atom. The van der Waals surface area contributed by atoms with E-state index < -0.39 is 10.8 Å². The molecule has 2 N–H and O–H groups in total. The summed E-state index contributed by atoms with van der Waals surface area (Å²) in [5.74, 6) is 1.38. The lowest BCUT2D eigenvalue weighted by Gasteiger charge is -2.31. The third-order valence-corrected chi connectivity index (χ3v) is 6.27. The summed E-state index contributed by atoms with van der Waals surface area (Å²) >= 11 is 6.14. The van der Waals surface area contributed by atoms with Crippen molar-refractivity contribution in [1.82, 2.24) is 0 Å². The molecule has 1 aromatic rings. The Hall–Kier alpha value is -0.540. The number of hydrogen-bond donors (Lipinski definition) is 1. The monoisotopic (exact) mass is 285 g/mol. The molecule has 1 aliphatic carbocycles. The van der Waals surface area contributed by atoms with E-state index in [1.165, 1.54) is 0 Å². The van der Waals surface area contributed by atoms with Crippen molar-refractivity contribution in [2.45, 2.75) is 43.3 Å². The summed E-state index contributed by atoms with van der Waals surface area (Å²) in [7, 11) is -1.01. The van der Waals surface area contributed by atoms with Gasteiger partial charge in [-0.15, -0.1) is 0 Å². The second-order valence-corrected chi connectivity index (χ2v) is 7.49. The van der Waals surface area contributed by atoms with Crippen LogP contribution in [0.4, 0.5) is 5.69 Å². The number of anilines is 1. The molecule has 0 aliphatic heterocycles. The number of nitrogens with two attached hydrogens (primary N) is 1. The van der Waals surface area contributed by atoms with Crippen LogP contribution >= 0.6 is 11.6 Å². The Labute approximate surface area is 116 Å². The zero-order chi connectivity index (χ0) is 13.3. The van der Waals surface area contributed by atoms with Gasteiger partial charge in [0, 0.05) is 10.9 Å². The summed E-state index contributed by atoms with van der Waals surface area (Å²) in [5.41, 5.74) is 6.28. The first-order valence-corrected chi connectivity index (χ1v) is 8.03. The van der Waals surface area contributed by atoms with Crippen LogP contribution in [-0.2, 0) is 10.8 Å². The highest BCUT2D eigenvalue weighted by molar-refractivity contribution is 7.85. The smallest absolute Gasteiger partial charge is 0.0588 e. The highest BCUT2D eigenvalue weighted by Crippen LogP contribution is 2.35. The summed E-state index contributed by atoms with van der Waals surface area (Å²) in [6.07, 6.45) is 3.21. The van der Waals surface area contributed by atoms with Gasteiger partial charge in [-0.25, -0.2) is 0 Å². The van der Waals surface area contributed by atoms with Gasteiger partial charge in [-0.2, -0.15) is 0 Å². The SMILES string of the molecule is CC1CCC(S(=O)c2ccc(N)cc2Cl)CC1C. The third-order valence-electron chi connectivity index (χ3n) is 4.03. The molecular formula is C14H20ClNOS. The maximum absolute atomic E-state index is 12.6. The van der Waals surface area contributed by atoms with Crippen molar-refractivity contribution in [2.75, 3.05) is 5.73 Å². The van der Waals surface area contributed by atoms with Crippen LogP contribution in [0.5, 0.6) is 0 Å². The molecule has 4 atom stereocenters. The van der Waals surface area contributed by atoms with Gasteiger partial charge in [0.1, 0.15) is 0 Å². The first-order chi connectivity index (χ1) is 8.49. The van der Waals surface area contributed by atoms with Gasteiger partial charge in [0.15, 0.2) is 0 Å². The van der Waals surface area contributed by atoms with Crippen LogP contribution in [0.15, 0.2) is 23.1 Å². The van der Waals surface area contributed by atoms with Gasteiger partial charge in [0.2, 0.25) is 0 Å². The normalized spacial score (nSPS) is 30.1. The number of rotatable bonds is 2. The highest BCUT2D eigenvalue weighted by Gasteiger charge is 2.29. The number of benzene rings is 1. The van der Waals surface area contributed by atoms with E-state index in [1.54, 1.807) is 18.2 Å². The highest BCUT2D eigenvalue weighted by atomic mass is 35.5. The fraction of sp³-hybridized carbons (Fsp3) is 0.571. The van der Waals surface area contributed by atoms with Crippen LogP contribution in [0.1, 0.15) is 33.1 Å². The Bertz CT molecular complexity index is 463. The molecule has 4 heteroatoms. The number of hydrogen-bond acceptors (Lipinski definition) is 2. The first-order valence-electron chi connectivity index (χ1n) is 6.44. The number of nitrogen functional groups attached to an aromatic ring is 1. The second kappa shape index (κ2) is 5.62. The summed E-state index contributed by atoms with van der Waals surface area (Å²) in [4.78, 5) is 0.734. The van der Waals surface area contributed by atoms with Gasteiger partial charge in [-0.1, -0.05) is 25.4 Å². The maximum Gasteiger partial charge on any atom is 0.0588 e. The van der Waals surface area contributed by atoms with Crippen LogP contribution in [-0.4, -0.2) is 9.46 Å². The second-order valence-electron chi connectivity index (χ2n) is 5.38. The van der Waals surface area contributed by atoms with E-state index in [9.17, 15) is 4.21 Å². The minimum atomic E-state index is -1.01. The van der Waals surface area contributed by atoms with Gasteiger partial charge in [-0.05, 0) is 49.3 Å². The molecule has 100 valence electrons. The molecule has 0 heterocycles. The Morgan fingerprint density at radius 1 is 1.28 bits per heavy atom. The standard InChI is InChI=1S/C14H20ClNOS/c1-9-3-5-12(7-10(9)2)18(17)14-6-4-11(16)8-13(14)15/h4,6,8-10,12H,3,5,7,16H2,1-2H3. The molecule has 1 saturated carbocycles. The van der Waals surface area contributed by atoms with Crippen molar-refractivity contribution in [1.29, 1.82) is 0 Å². The molecule has 4 unspecified atom stereocenters. The van der Waals surface area contributed by atoms with Crippen molar-refractivity contribution in [3.05, 3.63) is 23.2 Å². The van der Waals surface area contributed by atoms with Crippen LogP contribution < -0.4 is 5.73 Å². The molecule has 18 heavy (non-hydrogen) atoms. The molecule has 0 radical (unpaired) electrons. The fourth-order valence-corrected chi connectivity index (χ4v) is 4.61. The summed E-state index contributed by atoms with van der Waals surface area (Å²) in [5, 5.41) is 0.761. The summed E-state index contributed by atoms with van der Waals surface area (Å²) in [6, 6.07) is 5.26. The third kappa shape index (κ3) is 2.89. The molecule has 0 spiro atoms. The molecule has 0 amide bonds. The van der Waals surface area contributed by atoms with E-state index in [0.717, 1.165) is 30.1 Å². The lowest BCUT2D eigenvalue weighted by atomic mass is 9.81. The average Bonchev–Trinajstić information content (AvgIpc) is 2.32. The average molecular weight is 286 g/mol. The van der Waals surface area contributed by atoms with Crippen LogP contribution in [0.2, 0.25) is 5.02 Å². The molecule has 0 aromatic heterocycles. The maximum atomic E-state index is 12.6. The van der Waals surface area contributed by atoms with Gasteiger partial charge < -0.3 is 5.73 Å². The van der Waals surface area contributed by atoms with Gasteiger partial charge in [-0.3, -0.25) is 4.21 Å². The van der Waals surface area contributed by atoms with E-state index in [0.29, 0.717) is 16.6 Å². The largest absolute Gasteiger partial charge is 0.399 e. The fourth-order valence-electron chi connectivity index (χ4n) is 2.55. The minimum Gasteiger partial charge on any atom is -0.399 e. The summed E-state index contributed by atoms with van der Waals surface area (Å²) in [6.45, 7) is 4.53. The molecule has 0 saturated heterocycles. The predicted molar refractivity (Wildman–Crippen MR) is 78.2 cm³/mol. The van der Waals surface area contributed by atoms with Gasteiger partial charge in [0.25, 0.3) is 0 Å². The van der Waals surface area contributed by atoms with E-state index >= 15 is 0 Å². The van der Waals surface area contributed by atoms with Crippen LogP contribution in [0, 0.1) is 11.8 Å². The lowest BCUT2D eigenvalue weighted by Crippen LogP contribution is -2.28. The molecule has 1 aliphatic rings. The molecule has 1 fully saturated rings. The van der Waals surface area contributed by atoms with Crippen LogP contribution in [0.25, 0.3) is 0 Å². The molecule has 0 bridgehead atoms. The van der Waals surface area contributed by atoms with Crippen molar-refractivity contribution in [3.8, 4) is 0 Å². The zero-order valence-electron chi connectivity index (χ0n) is 10.9. The number of halogens is 1. The van der Waals surface area contributed by atoms with Gasteiger partial charge >= 0.3 is 0 Å². The minimum absolute atomic E-state index is 0.234. The van der Waals surface area contributed by atoms with E-state index in [-0.39, 0.29) is 5.25 Å². The predicted octanol–water partition coefficient (Wildman–Crippen LogP) is 3.85. The van der Waals surface area contributed by atoms with Crippen molar-refractivity contribution in [3.63, 3.8) is 0 Å². The van der Waals surface area contributed by atoms with E-state index in [4.69, 9.17) is 17.3 Å². The lowest BCUT2D eigenvalue weighted by molar-refractivity contribution is 0.281. The molecule has 1 aromatic carbocycles. The Kier molecular flexibility index (Phi) is 4.33. The van der Waals surface area contributed by atoms with E-state index in [2.05, 4.69) is 13.8 Å². The first kappa shape index (κ1) is 13.9. The molecule has 2 rings (SSSR count). The van der Waals surface area contributed by atoms with Crippen molar-refractivity contribution < 1.29 is 4.21 Å². The zero-order valence-corrected chi connectivity index (χ0v) is 12.4. The van der Waals surface area contributed by atoms with Crippen LogP contribution in [0.3, 0.4) is 0 Å². The van der Waals surface area contributed by atoms with Crippen molar-refractivity contribution >= 4 is 28.1 Å². The van der Waals surface area contributed by atoms with Gasteiger partial charge in [0.05, 0.1) is 20.7 Å². The Balaban J connectivity index is 2.16. The summed E-state index contributed by atoms with van der Waals surface area (Å²) < 4.78 is 12.6. The molecule has 2 nitrogen and oxygen atoms in total. The molecular weight excluding hydrogens is 266 g/mol. The Morgan fingerprint density at radius 3 is 2.61 bits per heavy atom. The quantitative estimate of drug-likeness (QED) is 0.839.